The third-order valence-corrected chi connectivity index (χ3v) is 3.14. The fourth-order valence-electron chi connectivity index (χ4n) is 2.04. The number of aliphatic hydroxyl groups is 1. The van der Waals surface area contributed by atoms with Crippen LogP contribution in [-0.2, 0) is 18.3 Å². The van der Waals surface area contributed by atoms with Gasteiger partial charge in [0.05, 0.1) is 37.4 Å². The van der Waals surface area contributed by atoms with Crippen molar-refractivity contribution in [2.75, 3.05) is 33.4 Å². The lowest BCUT2D eigenvalue weighted by Crippen LogP contribution is -2.24. The van der Waals surface area contributed by atoms with E-state index < -0.39 is 0 Å². The van der Waals surface area contributed by atoms with Crippen molar-refractivity contribution in [1.82, 2.24) is 14.5 Å². The van der Waals surface area contributed by atoms with Crippen LogP contribution in [0.1, 0.15) is 5.82 Å². The molecule has 1 N–H and O–H groups in total. The highest BCUT2D eigenvalue weighted by Gasteiger charge is 2.09. The number of aromatic nitrogens is 2. The van der Waals surface area contributed by atoms with Gasteiger partial charge in [0, 0.05) is 13.6 Å². The number of para-hydroxylation sites is 2. The normalized spacial score (nSPS) is 11.6. The number of rotatable bonds is 7. The van der Waals surface area contributed by atoms with Crippen molar-refractivity contribution in [2.24, 2.45) is 7.05 Å². The van der Waals surface area contributed by atoms with Gasteiger partial charge in [0.15, 0.2) is 0 Å². The first-order valence-corrected chi connectivity index (χ1v) is 6.50. The van der Waals surface area contributed by atoms with Crippen molar-refractivity contribution in [2.45, 2.75) is 6.54 Å². The molecule has 1 aromatic carbocycles. The van der Waals surface area contributed by atoms with Crippen LogP contribution in [0, 0.1) is 0 Å². The molecule has 0 saturated carbocycles. The molecule has 0 aliphatic heterocycles. The van der Waals surface area contributed by atoms with E-state index in [1.165, 1.54) is 0 Å². The summed E-state index contributed by atoms with van der Waals surface area (Å²) >= 11 is 0. The molecular weight excluding hydrogens is 242 g/mol. The van der Waals surface area contributed by atoms with Crippen LogP contribution in [-0.4, -0.2) is 53.0 Å². The van der Waals surface area contributed by atoms with Gasteiger partial charge in [-0.1, -0.05) is 12.1 Å². The van der Waals surface area contributed by atoms with Crippen LogP contribution in [0.3, 0.4) is 0 Å². The first kappa shape index (κ1) is 14.0. The highest BCUT2D eigenvalue weighted by atomic mass is 16.5. The van der Waals surface area contributed by atoms with Crippen molar-refractivity contribution < 1.29 is 9.84 Å². The van der Waals surface area contributed by atoms with E-state index in [4.69, 9.17) is 9.84 Å². The molecule has 0 spiro atoms. The van der Waals surface area contributed by atoms with Gasteiger partial charge < -0.3 is 14.4 Å². The van der Waals surface area contributed by atoms with Crippen molar-refractivity contribution in [3.63, 3.8) is 0 Å². The fourth-order valence-corrected chi connectivity index (χ4v) is 2.04. The second kappa shape index (κ2) is 6.65. The second-order valence-electron chi connectivity index (χ2n) is 4.65. The van der Waals surface area contributed by atoms with Gasteiger partial charge in [-0.3, -0.25) is 4.90 Å². The Morgan fingerprint density at radius 1 is 1.32 bits per heavy atom. The highest BCUT2D eigenvalue weighted by Crippen LogP contribution is 2.14. The molecule has 5 nitrogen and oxygen atoms in total. The van der Waals surface area contributed by atoms with Gasteiger partial charge in [-0.25, -0.2) is 4.98 Å². The number of fused-ring (bicyclic) bond motifs is 1. The Bertz CT molecular complexity index is 524. The predicted molar refractivity (Wildman–Crippen MR) is 75.0 cm³/mol. The molecule has 0 aliphatic rings. The molecule has 2 aromatic rings. The quantitative estimate of drug-likeness (QED) is 0.758. The number of aliphatic hydroxyl groups excluding tert-OH is 1. The van der Waals surface area contributed by atoms with Crippen LogP contribution in [0.4, 0.5) is 0 Å². The van der Waals surface area contributed by atoms with Gasteiger partial charge in [-0.15, -0.1) is 0 Å². The van der Waals surface area contributed by atoms with Crippen molar-refractivity contribution in [3.8, 4) is 0 Å². The van der Waals surface area contributed by atoms with Crippen LogP contribution in [0.5, 0.6) is 0 Å². The second-order valence-corrected chi connectivity index (χ2v) is 4.65. The van der Waals surface area contributed by atoms with Crippen LogP contribution < -0.4 is 0 Å². The standard InChI is InChI=1S/C14H21N3O2/c1-16(7-9-19-10-8-18)11-14-15-12-5-3-4-6-13(12)17(14)2/h3-6,18H,7-11H2,1-2H3. The number of benzene rings is 1. The Balaban J connectivity index is 1.95. The number of likely N-dealkylation sites (N-methyl/N-ethyl adjacent to an activating group) is 1. The average molecular weight is 263 g/mol. The Kier molecular flexibility index (Phi) is 4.90. The van der Waals surface area contributed by atoms with Gasteiger partial charge in [-0.05, 0) is 19.2 Å². The minimum Gasteiger partial charge on any atom is -0.394 e. The molecule has 2 rings (SSSR count). The van der Waals surface area contributed by atoms with E-state index in [1.54, 1.807) is 0 Å². The van der Waals surface area contributed by atoms with E-state index in [1.807, 2.05) is 32.3 Å². The Morgan fingerprint density at radius 3 is 2.84 bits per heavy atom. The van der Waals surface area contributed by atoms with Gasteiger partial charge >= 0.3 is 0 Å². The lowest BCUT2D eigenvalue weighted by atomic mass is 10.3. The molecule has 0 saturated heterocycles. The summed E-state index contributed by atoms with van der Waals surface area (Å²) in [5.41, 5.74) is 2.19. The van der Waals surface area contributed by atoms with E-state index in [9.17, 15) is 0 Å². The molecule has 0 unspecified atom stereocenters. The molecule has 5 heteroatoms. The smallest absolute Gasteiger partial charge is 0.123 e. The number of hydrogen-bond acceptors (Lipinski definition) is 4. The zero-order valence-electron chi connectivity index (χ0n) is 11.5. The average Bonchev–Trinajstić information content (AvgIpc) is 2.72. The summed E-state index contributed by atoms with van der Waals surface area (Å²) in [5.74, 6) is 1.05. The molecule has 0 fully saturated rings. The molecule has 0 radical (unpaired) electrons. The van der Waals surface area contributed by atoms with E-state index in [2.05, 4.69) is 20.5 Å². The number of hydrogen-bond donors (Lipinski definition) is 1. The van der Waals surface area contributed by atoms with Crippen molar-refractivity contribution in [3.05, 3.63) is 30.1 Å². The third kappa shape index (κ3) is 3.53. The molecule has 0 bridgehead atoms. The summed E-state index contributed by atoms with van der Waals surface area (Å²) in [6.07, 6.45) is 0. The summed E-state index contributed by atoms with van der Waals surface area (Å²) in [6.45, 7) is 2.71. The summed E-state index contributed by atoms with van der Waals surface area (Å²) in [6, 6.07) is 8.14. The predicted octanol–water partition coefficient (Wildman–Crippen LogP) is 1.01. The molecule has 0 amide bonds. The zero-order chi connectivity index (χ0) is 13.7. The van der Waals surface area contributed by atoms with Crippen molar-refractivity contribution in [1.29, 1.82) is 0 Å². The van der Waals surface area contributed by atoms with E-state index >= 15 is 0 Å². The van der Waals surface area contributed by atoms with Gasteiger partial charge in [0.2, 0.25) is 0 Å². The van der Waals surface area contributed by atoms with Crippen LogP contribution in [0.2, 0.25) is 0 Å². The van der Waals surface area contributed by atoms with Gasteiger partial charge in [-0.2, -0.15) is 0 Å². The maximum atomic E-state index is 8.63. The number of ether oxygens (including phenoxy) is 1. The summed E-state index contributed by atoms with van der Waals surface area (Å²) < 4.78 is 7.39. The Labute approximate surface area is 113 Å². The fraction of sp³-hybridized carbons (Fsp3) is 0.500. The first-order chi connectivity index (χ1) is 9.22. The molecular formula is C14H21N3O2. The molecule has 1 heterocycles. The largest absolute Gasteiger partial charge is 0.394 e. The van der Waals surface area contributed by atoms with E-state index in [0.717, 1.165) is 29.9 Å². The number of aryl methyl sites for hydroxylation is 1. The van der Waals surface area contributed by atoms with E-state index in [-0.39, 0.29) is 6.61 Å². The monoisotopic (exact) mass is 263 g/mol. The topological polar surface area (TPSA) is 50.5 Å². The highest BCUT2D eigenvalue weighted by molar-refractivity contribution is 5.75. The first-order valence-electron chi connectivity index (χ1n) is 6.50. The maximum Gasteiger partial charge on any atom is 0.123 e. The lowest BCUT2D eigenvalue weighted by molar-refractivity contribution is 0.0768. The minimum absolute atomic E-state index is 0.0778. The molecule has 104 valence electrons. The number of imidazole rings is 1. The molecule has 0 aliphatic carbocycles. The van der Waals surface area contributed by atoms with E-state index in [0.29, 0.717) is 13.2 Å². The SMILES string of the molecule is CN(CCOCCO)Cc1nc2ccccc2n1C. The van der Waals surface area contributed by atoms with Crippen LogP contribution in [0.15, 0.2) is 24.3 Å². The molecule has 1 aromatic heterocycles. The van der Waals surface area contributed by atoms with Crippen LogP contribution >= 0.6 is 0 Å². The number of nitrogens with zero attached hydrogens (tertiary/aromatic N) is 3. The maximum absolute atomic E-state index is 8.63. The van der Waals surface area contributed by atoms with Crippen molar-refractivity contribution >= 4 is 11.0 Å². The van der Waals surface area contributed by atoms with Gasteiger partial charge in [0.1, 0.15) is 5.82 Å². The summed E-state index contributed by atoms with van der Waals surface area (Å²) in [4.78, 5) is 6.80. The summed E-state index contributed by atoms with van der Waals surface area (Å²) in [5, 5.41) is 8.63. The molecule has 0 atom stereocenters. The molecule has 19 heavy (non-hydrogen) atoms. The third-order valence-electron chi connectivity index (χ3n) is 3.14. The minimum atomic E-state index is 0.0778. The Morgan fingerprint density at radius 2 is 2.11 bits per heavy atom. The Hall–Kier alpha value is -1.43. The lowest BCUT2D eigenvalue weighted by Gasteiger charge is -2.16. The van der Waals surface area contributed by atoms with Gasteiger partial charge in [0.25, 0.3) is 0 Å². The zero-order valence-corrected chi connectivity index (χ0v) is 11.5. The van der Waals surface area contributed by atoms with Crippen LogP contribution in [0.25, 0.3) is 11.0 Å². The summed E-state index contributed by atoms with van der Waals surface area (Å²) in [7, 11) is 4.09.